The van der Waals surface area contributed by atoms with Gasteiger partial charge in [0, 0.05) is 17.1 Å². The molecule has 2 aliphatic rings. The van der Waals surface area contributed by atoms with E-state index in [0.29, 0.717) is 5.92 Å². The Bertz CT molecular complexity index is 1050. The van der Waals surface area contributed by atoms with Gasteiger partial charge in [-0.15, -0.1) is 0 Å². The number of primary amides is 1. The van der Waals surface area contributed by atoms with Crippen LogP contribution in [0.25, 0.3) is 11.0 Å². The van der Waals surface area contributed by atoms with Crippen molar-refractivity contribution in [3.63, 3.8) is 0 Å². The highest BCUT2D eigenvalue weighted by Crippen LogP contribution is 2.36. The van der Waals surface area contributed by atoms with E-state index in [1.807, 2.05) is 41.5 Å². The molecule has 1 saturated heterocycles. The number of benzene rings is 2. The Hall–Kier alpha value is -2.79. The molecule has 31 heavy (non-hydrogen) atoms. The largest absolute Gasteiger partial charge is 0.464 e. The Morgan fingerprint density at radius 1 is 1.03 bits per heavy atom. The maximum absolute atomic E-state index is 12.3. The molecule has 0 bridgehead atoms. The van der Waals surface area contributed by atoms with Crippen molar-refractivity contribution in [3.8, 4) is 0 Å². The normalized spacial score (nSPS) is 20.1. The Labute approximate surface area is 183 Å². The Morgan fingerprint density at radius 3 is 2.65 bits per heavy atom. The highest BCUT2D eigenvalue weighted by molar-refractivity contribution is 5.92. The topological polar surface area (TPSA) is 62.7 Å². The van der Waals surface area contributed by atoms with Gasteiger partial charge in [-0.05, 0) is 87.3 Å². The van der Waals surface area contributed by atoms with E-state index in [4.69, 9.17) is 10.2 Å². The molecule has 0 saturated carbocycles. The summed E-state index contributed by atoms with van der Waals surface area (Å²) in [5.41, 5.74) is 10.4. The quantitative estimate of drug-likeness (QED) is 0.637. The monoisotopic (exact) mass is 417 g/mol. The molecule has 1 aromatic heterocycles. The molecule has 0 aliphatic carbocycles. The lowest BCUT2D eigenvalue weighted by molar-refractivity contribution is 0.161. The Morgan fingerprint density at radius 2 is 1.81 bits per heavy atom. The van der Waals surface area contributed by atoms with E-state index < -0.39 is 0 Å². The van der Waals surface area contributed by atoms with E-state index in [2.05, 4.69) is 23.1 Å². The number of fused-ring (bicyclic) bond motifs is 2. The highest BCUT2D eigenvalue weighted by atomic mass is 16.3. The maximum atomic E-state index is 12.3. The van der Waals surface area contributed by atoms with Crippen LogP contribution >= 0.6 is 0 Å². The average Bonchev–Trinajstić information content (AvgIpc) is 3.22. The first-order valence-corrected chi connectivity index (χ1v) is 11.5. The van der Waals surface area contributed by atoms with Crippen molar-refractivity contribution < 1.29 is 9.21 Å². The van der Waals surface area contributed by atoms with E-state index in [1.54, 1.807) is 0 Å². The zero-order valence-corrected chi connectivity index (χ0v) is 18.0. The van der Waals surface area contributed by atoms with Crippen LogP contribution in [0.2, 0.25) is 0 Å². The molecule has 2 aromatic carbocycles. The maximum Gasteiger partial charge on any atom is 0.319 e. The minimum Gasteiger partial charge on any atom is -0.464 e. The van der Waals surface area contributed by atoms with E-state index in [9.17, 15) is 4.79 Å². The smallest absolute Gasteiger partial charge is 0.319 e. The van der Waals surface area contributed by atoms with Crippen molar-refractivity contribution in [2.45, 2.75) is 44.6 Å². The van der Waals surface area contributed by atoms with E-state index >= 15 is 0 Å². The summed E-state index contributed by atoms with van der Waals surface area (Å²) in [7, 11) is 0. The summed E-state index contributed by atoms with van der Waals surface area (Å²) < 4.78 is 5.67. The van der Waals surface area contributed by atoms with Crippen LogP contribution in [0.3, 0.4) is 0 Å². The van der Waals surface area contributed by atoms with Crippen LogP contribution in [-0.4, -0.2) is 36.6 Å². The summed E-state index contributed by atoms with van der Waals surface area (Å²) in [6.45, 7) is 3.31. The van der Waals surface area contributed by atoms with Crippen LogP contribution in [0.1, 0.15) is 36.8 Å². The molecule has 5 heteroatoms. The van der Waals surface area contributed by atoms with Crippen LogP contribution < -0.4 is 10.6 Å². The second kappa shape index (κ2) is 8.75. The number of anilines is 1. The average molecular weight is 418 g/mol. The first-order valence-electron chi connectivity index (χ1n) is 11.5. The SMILES string of the molecule is NC(=O)N1c2ccccc2CCC1C1CCN(CCCc2coc3ccccc23)CC1. The lowest BCUT2D eigenvalue weighted by Gasteiger charge is -2.43. The van der Waals surface area contributed by atoms with Gasteiger partial charge < -0.3 is 15.1 Å². The molecule has 5 rings (SSSR count). The molecule has 5 nitrogen and oxygen atoms in total. The molecular weight excluding hydrogens is 386 g/mol. The minimum atomic E-state index is -0.313. The zero-order chi connectivity index (χ0) is 21.2. The van der Waals surface area contributed by atoms with Gasteiger partial charge in [-0.25, -0.2) is 4.79 Å². The fourth-order valence-electron chi connectivity index (χ4n) is 5.58. The molecule has 3 aromatic rings. The third kappa shape index (κ3) is 4.07. The minimum absolute atomic E-state index is 0.229. The number of piperidine rings is 1. The van der Waals surface area contributed by atoms with Gasteiger partial charge in [0.15, 0.2) is 0 Å². The molecule has 1 unspecified atom stereocenters. The predicted molar refractivity (Wildman–Crippen MR) is 124 cm³/mol. The number of carbonyl (C=O) groups is 1. The summed E-state index contributed by atoms with van der Waals surface area (Å²) in [6, 6.07) is 16.4. The molecule has 1 fully saturated rings. The van der Waals surface area contributed by atoms with Crippen LogP contribution in [0.15, 0.2) is 59.2 Å². The molecular formula is C26H31N3O2. The van der Waals surface area contributed by atoms with Gasteiger partial charge in [0.05, 0.1) is 6.26 Å². The third-order valence-electron chi connectivity index (χ3n) is 7.19. The molecule has 2 N–H and O–H groups in total. The number of furan rings is 1. The number of hydrogen-bond donors (Lipinski definition) is 1. The first-order chi connectivity index (χ1) is 15.2. The second-order valence-electron chi connectivity index (χ2n) is 8.98. The number of amides is 2. The van der Waals surface area contributed by atoms with Crippen LogP contribution in [-0.2, 0) is 12.8 Å². The van der Waals surface area contributed by atoms with Crippen molar-refractivity contribution in [2.24, 2.45) is 11.7 Å². The van der Waals surface area contributed by atoms with E-state index in [-0.39, 0.29) is 12.1 Å². The van der Waals surface area contributed by atoms with Crippen LogP contribution in [0.5, 0.6) is 0 Å². The number of urea groups is 1. The molecule has 0 radical (unpaired) electrons. The van der Waals surface area contributed by atoms with Gasteiger partial charge in [-0.2, -0.15) is 0 Å². The molecule has 2 aliphatic heterocycles. The standard InChI is InChI=1S/C26H31N3O2/c27-26(30)29-23-9-3-1-6-19(23)11-12-24(29)20-13-16-28(17-14-20)15-5-7-21-18-31-25-10-4-2-8-22(21)25/h1-4,6,8-10,18,20,24H,5,7,11-17H2,(H2,27,30). The fraction of sp³-hybridized carbons (Fsp3) is 0.423. The highest BCUT2D eigenvalue weighted by Gasteiger charge is 2.36. The van der Waals surface area contributed by atoms with Gasteiger partial charge in [0.2, 0.25) is 0 Å². The number of para-hydroxylation sites is 2. The van der Waals surface area contributed by atoms with Crippen molar-refractivity contribution in [2.75, 3.05) is 24.5 Å². The summed E-state index contributed by atoms with van der Waals surface area (Å²) in [6.07, 6.45) is 8.40. The number of likely N-dealkylation sites (tertiary alicyclic amines) is 1. The Balaban J connectivity index is 1.15. The lowest BCUT2D eigenvalue weighted by atomic mass is 9.82. The van der Waals surface area contributed by atoms with Crippen molar-refractivity contribution in [3.05, 3.63) is 65.9 Å². The predicted octanol–water partition coefficient (Wildman–Crippen LogP) is 4.98. The fourth-order valence-corrected chi connectivity index (χ4v) is 5.58. The van der Waals surface area contributed by atoms with Gasteiger partial charge >= 0.3 is 6.03 Å². The van der Waals surface area contributed by atoms with Crippen LogP contribution in [0, 0.1) is 5.92 Å². The molecule has 0 spiro atoms. The molecule has 2 amide bonds. The Kier molecular flexibility index (Phi) is 5.68. The number of hydrogen-bond acceptors (Lipinski definition) is 3. The second-order valence-corrected chi connectivity index (χ2v) is 8.98. The summed E-state index contributed by atoms with van der Waals surface area (Å²) in [5, 5.41) is 1.24. The summed E-state index contributed by atoms with van der Waals surface area (Å²) in [5.74, 6) is 0.523. The van der Waals surface area contributed by atoms with Gasteiger partial charge in [-0.1, -0.05) is 36.4 Å². The van der Waals surface area contributed by atoms with E-state index in [1.165, 1.54) is 16.5 Å². The van der Waals surface area contributed by atoms with Gasteiger partial charge in [-0.3, -0.25) is 4.90 Å². The zero-order valence-electron chi connectivity index (χ0n) is 18.0. The number of nitrogens with zero attached hydrogens (tertiary/aromatic N) is 2. The van der Waals surface area contributed by atoms with Crippen molar-refractivity contribution in [1.82, 2.24) is 4.90 Å². The summed E-state index contributed by atoms with van der Waals surface area (Å²) >= 11 is 0. The van der Waals surface area contributed by atoms with Crippen molar-refractivity contribution >= 4 is 22.7 Å². The van der Waals surface area contributed by atoms with Gasteiger partial charge in [0.1, 0.15) is 5.58 Å². The van der Waals surface area contributed by atoms with Crippen LogP contribution in [0.4, 0.5) is 10.5 Å². The molecule has 162 valence electrons. The number of nitrogens with two attached hydrogens (primary N) is 1. The molecule has 3 heterocycles. The first kappa shape index (κ1) is 20.1. The van der Waals surface area contributed by atoms with E-state index in [0.717, 1.165) is 69.4 Å². The third-order valence-corrected chi connectivity index (χ3v) is 7.19. The molecule has 1 atom stereocenters. The number of aryl methyl sites for hydroxylation is 2. The number of rotatable bonds is 5. The van der Waals surface area contributed by atoms with Gasteiger partial charge in [0.25, 0.3) is 0 Å². The summed E-state index contributed by atoms with van der Waals surface area (Å²) in [4.78, 5) is 16.8. The lowest BCUT2D eigenvalue weighted by Crippen LogP contribution is -2.52. The van der Waals surface area contributed by atoms with Crippen molar-refractivity contribution in [1.29, 1.82) is 0 Å². The number of carbonyl (C=O) groups excluding carboxylic acids is 1.